The highest BCUT2D eigenvalue weighted by Gasteiger charge is 2.35. The Hall–Kier alpha value is -1.37. The minimum absolute atomic E-state index is 0.134. The fraction of sp³-hybridized carbons (Fsp3) is 0.357. The van der Waals surface area contributed by atoms with E-state index < -0.39 is 22.9 Å². The first kappa shape index (κ1) is 15.7. The first-order valence-corrected chi connectivity index (χ1v) is 6.37. The molecule has 0 bridgehead atoms. The lowest BCUT2D eigenvalue weighted by Gasteiger charge is -2.19. The van der Waals surface area contributed by atoms with Crippen LogP contribution >= 0.6 is 23.2 Å². The molecule has 0 aliphatic heterocycles. The number of rotatable bonds is 3. The van der Waals surface area contributed by atoms with Crippen molar-refractivity contribution < 1.29 is 9.59 Å². The molecule has 0 saturated carbocycles. The molecule has 1 atom stereocenters. The molecule has 0 heterocycles. The third kappa shape index (κ3) is 3.56. The van der Waals surface area contributed by atoms with Crippen molar-refractivity contribution in [2.24, 2.45) is 11.3 Å². The Morgan fingerprint density at radius 1 is 1.26 bits per heavy atom. The van der Waals surface area contributed by atoms with Crippen LogP contribution in [-0.2, 0) is 4.79 Å². The van der Waals surface area contributed by atoms with Gasteiger partial charge in [-0.3, -0.25) is 9.59 Å². The van der Waals surface area contributed by atoms with Crippen LogP contribution in [0.5, 0.6) is 0 Å². The number of carbonyl (C=O) groups excluding carboxylic acids is 2. The summed E-state index contributed by atoms with van der Waals surface area (Å²) in [7, 11) is 0. The van der Waals surface area contributed by atoms with Gasteiger partial charge in [0.05, 0.1) is 11.1 Å². The number of ketones is 2. The van der Waals surface area contributed by atoms with Crippen LogP contribution in [0.4, 0.5) is 0 Å². The molecule has 1 aromatic carbocycles. The van der Waals surface area contributed by atoms with Gasteiger partial charge in [0.1, 0.15) is 0 Å². The van der Waals surface area contributed by atoms with E-state index in [0.29, 0.717) is 5.02 Å². The number of nitrogens with zero attached hydrogens (tertiary/aromatic N) is 1. The lowest BCUT2D eigenvalue weighted by Crippen LogP contribution is -2.32. The molecule has 0 saturated heterocycles. The zero-order chi connectivity index (χ0) is 14.8. The smallest absolute Gasteiger partial charge is 0.189 e. The first-order valence-electron chi connectivity index (χ1n) is 5.61. The summed E-state index contributed by atoms with van der Waals surface area (Å²) in [6.45, 7) is 4.99. The molecule has 0 aliphatic rings. The van der Waals surface area contributed by atoms with Crippen molar-refractivity contribution in [3.63, 3.8) is 0 Å². The van der Waals surface area contributed by atoms with Crippen molar-refractivity contribution in [2.75, 3.05) is 0 Å². The highest BCUT2D eigenvalue weighted by Crippen LogP contribution is 2.27. The van der Waals surface area contributed by atoms with Gasteiger partial charge >= 0.3 is 0 Å². The van der Waals surface area contributed by atoms with Gasteiger partial charge in [0.2, 0.25) is 0 Å². The quantitative estimate of drug-likeness (QED) is 0.627. The Bertz CT molecular complexity index is 568. The van der Waals surface area contributed by atoms with Crippen molar-refractivity contribution in [3.05, 3.63) is 33.8 Å². The maximum Gasteiger partial charge on any atom is 0.189 e. The summed E-state index contributed by atoms with van der Waals surface area (Å²) < 4.78 is 0. The van der Waals surface area contributed by atoms with Gasteiger partial charge in [-0.2, -0.15) is 5.26 Å². The van der Waals surface area contributed by atoms with Crippen molar-refractivity contribution >= 4 is 34.8 Å². The zero-order valence-electron chi connectivity index (χ0n) is 10.8. The molecule has 0 aliphatic carbocycles. The predicted molar refractivity (Wildman–Crippen MR) is 74.4 cm³/mol. The molecule has 1 unspecified atom stereocenters. The third-order valence-corrected chi connectivity index (χ3v) is 3.14. The van der Waals surface area contributed by atoms with Gasteiger partial charge in [0.25, 0.3) is 0 Å². The van der Waals surface area contributed by atoms with Gasteiger partial charge in [-0.05, 0) is 18.2 Å². The van der Waals surface area contributed by atoms with Crippen molar-refractivity contribution in [1.29, 1.82) is 5.26 Å². The molecule has 100 valence electrons. The largest absolute Gasteiger partial charge is 0.297 e. The van der Waals surface area contributed by atoms with Gasteiger partial charge in [-0.25, -0.2) is 0 Å². The summed E-state index contributed by atoms with van der Waals surface area (Å²) >= 11 is 11.7. The maximum atomic E-state index is 12.2. The normalized spacial score (nSPS) is 12.6. The standard InChI is InChI=1S/C14H13Cl2NO2/c1-14(2,3)13(19)10(7-17)12(18)9-5-4-8(15)6-11(9)16/h4-6,10H,1-3H3. The van der Waals surface area contributed by atoms with E-state index >= 15 is 0 Å². The molecular formula is C14H13Cl2NO2. The molecule has 0 radical (unpaired) electrons. The molecule has 0 spiro atoms. The maximum absolute atomic E-state index is 12.2. The molecule has 5 heteroatoms. The fourth-order valence-electron chi connectivity index (χ4n) is 1.51. The Kier molecular flexibility index (Phi) is 4.73. The van der Waals surface area contributed by atoms with Crippen LogP contribution in [0.15, 0.2) is 18.2 Å². The van der Waals surface area contributed by atoms with Crippen LogP contribution < -0.4 is 0 Å². The summed E-state index contributed by atoms with van der Waals surface area (Å²) in [5.41, 5.74) is -0.634. The average molecular weight is 298 g/mol. The highest BCUT2D eigenvalue weighted by atomic mass is 35.5. The SMILES string of the molecule is CC(C)(C)C(=O)C(C#N)C(=O)c1ccc(Cl)cc1Cl. The van der Waals surface area contributed by atoms with Gasteiger partial charge in [0, 0.05) is 16.0 Å². The second-order valence-electron chi connectivity index (χ2n) is 5.16. The van der Waals surface area contributed by atoms with Crippen LogP contribution in [-0.4, -0.2) is 11.6 Å². The number of Topliss-reactive ketones (excluding diaryl/α,β-unsaturated/α-hetero) is 2. The lowest BCUT2D eigenvalue weighted by atomic mass is 9.80. The number of carbonyl (C=O) groups is 2. The molecule has 19 heavy (non-hydrogen) atoms. The molecule has 0 N–H and O–H groups in total. The molecule has 0 amide bonds. The molecule has 1 aromatic rings. The van der Waals surface area contributed by atoms with Crippen molar-refractivity contribution in [1.82, 2.24) is 0 Å². The summed E-state index contributed by atoms with van der Waals surface area (Å²) in [5, 5.41) is 9.60. The Morgan fingerprint density at radius 2 is 1.84 bits per heavy atom. The summed E-state index contributed by atoms with van der Waals surface area (Å²) in [6.07, 6.45) is 0. The zero-order valence-corrected chi connectivity index (χ0v) is 12.3. The number of halogens is 2. The van der Waals surface area contributed by atoms with Gasteiger partial charge in [-0.15, -0.1) is 0 Å². The molecule has 0 aromatic heterocycles. The van der Waals surface area contributed by atoms with Crippen molar-refractivity contribution in [2.45, 2.75) is 20.8 Å². The molecular weight excluding hydrogens is 285 g/mol. The number of benzene rings is 1. The predicted octanol–water partition coefficient (Wildman–Crippen LogP) is 3.93. The van der Waals surface area contributed by atoms with Crippen LogP contribution in [0, 0.1) is 22.7 Å². The van der Waals surface area contributed by atoms with Gasteiger partial charge in [-0.1, -0.05) is 44.0 Å². The van der Waals surface area contributed by atoms with E-state index in [1.807, 2.05) is 0 Å². The molecule has 0 fully saturated rings. The van der Waals surface area contributed by atoms with Crippen LogP contribution in [0.25, 0.3) is 0 Å². The minimum atomic E-state index is -1.35. The fourth-order valence-corrected chi connectivity index (χ4v) is 2.02. The third-order valence-electron chi connectivity index (χ3n) is 2.59. The van der Waals surface area contributed by atoms with E-state index in [4.69, 9.17) is 28.5 Å². The molecule has 1 rings (SSSR count). The molecule has 3 nitrogen and oxygen atoms in total. The van der Waals surface area contributed by atoms with E-state index in [1.165, 1.54) is 18.2 Å². The van der Waals surface area contributed by atoms with Crippen LogP contribution in [0.1, 0.15) is 31.1 Å². The highest BCUT2D eigenvalue weighted by molar-refractivity contribution is 6.37. The van der Waals surface area contributed by atoms with E-state index in [0.717, 1.165) is 0 Å². The first-order chi connectivity index (χ1) is 8.68. The lowest BCUT2D eigenvalue weighted by molar-refractivity contribution is -0.127. The average Bonchev–Trinajstić information content (AvgIpc) is 2.28. The Morgan fingerprint density at radius 3 is 2.26 bits per heavy atom. The van der Waals surface area contributed by atoms with Gasteiger partial charge in [0.15, 0.2) is 17.5 Å². The van der Waals surface area contributed by atoms with E-state index in [2.05, 4.69) is 0 Å². The minimum Gasteiger partial charge on any atom is -0.297 e. The Balaban J connectivity index is 3.18. The number of hydrogen-bond donors (Lipinski definition) is 0. The second-order valence-corrected chi connectivity index (χ2v) is 6.01. The van der Waals surface area contributed by atoms with E-state index in [-0.39, 0.29) is 10.6 Å². The topological polar surface area (TPSA) is 57.9 Å². The number of hydrogen-bond acceptors (Lipinski definition) is 3. The van der Waals surface area contributed by atoms with Crippen LogP contribution in [0.2, 0.25) is 10.0 Å². The summed E-state index contributed by atoms with van der Waals surface area (Å²) in [5.74, 6) is -2.37. The summed E-state index contributed by atoms with van der Waals surface area (Å²) in [4.78, 5) is 24.3. The van der Waals surface area contributed by atoms with Crippen molar-refractivity contribution in [3.8, 4) is 6.07 Å². The number of nitriles is 1. The summed E-state index contributed by atoms with van der Waals surface area (Å²) in [6, 6.07) is 6.09. The van der Waals surface area contributed by atoms with Crippen LogP contribution in [0.3, 0.4) is 0 Å². The van der Waals surface area contributed by atoms with E-state index in [1.54, 1.807) is 26.8 Å². The van der Waals surface area contributed by atoms with Gasteiger partial charge < -0.3 is 0 Å². The second kappa shape index (κ2) is 5.73. The Labute approximate surface area is 122 Å². The van der Waals surface area contributed by atoms with E-state index in [9.17, 15) is 9.59 Å². The monoisotopic (exact) mass is 297 g/mol.